The Bertz CT molecular complexity index is 1300. The number of halogens is 1. The highest BCUT2D eigenvalue weighted by molar-refractivity contribution is 7.85. The molecule has 4 rings (SSSR count). The molecule has 0 unspecified atom stereocenters. The molecule has 0 radical (unpaired) electrons. The van der Waals surface area contributed by atoms with Gasteiger partial charge in [-0.15, -0.1) is 0 Å². The molecule has 0 amide bonds. The summed E-state index contributed by atoms with van der Waals surface area (Å²) in [5.41, 5.74) is -2.60. The normalized spacial score (nSPS) is 17.5. The number of aromatic carboxylic acids is 1. The number of hydrogen-bond donors (Lipinski definition) is 4. The second-order valence-corrected chi connectivity index (χ2v) is 9.81. The van der Waals surface area contributed by atoms with Crippen LogP contribution in [0.4, 0.5) is 4.39 Å². The van der Waals surface area contributed by atoms with Gasteiger partial charge in [-0.25, -0.2) is 9.18 Å². The maximum Gasteiger partial charge on any atom is 0.341 e. The molecule has 1 aromatic carbocycles. The zero-order valence-electron chi connectivity index (χ0n) is 18.5. The Morgan fingerprint density at radius 2 is 1.79 bits per heavy atom. The number of carbonyl (C=O) groups is 2. The van der Waals surface area contributed by atoms with Gasteiger partial charge in [-0.3, -0.25) is 14.1 Å². The fraction of sp³-hybridized carbons (Fsp3) is 0.476. The Morgan fingerprint density at radius 3 is 2.24 bits per heavy atom. The maximum absolute atomic E-state index is 15.4. The lowest BCUT2D eigenvalue weighted by Crippen LogP contribution is -2.46. The van der Waals surface area contributed by atoms with Crippen molar-refractivity contribution in [2.45, 2.75) is 37.1 Å². The Balaban J connectivity index is 0.000000588. The van der Waals surface area contributed by atoms with Crippen LogP contribution in [0.3, 0.4) is 0 Å². The highest BCUT2D eigenvalue weighted by atomic mass is 32.2. The molecule has 0 spiro atoms. The van der Waals surface area contributed by atoms with Gasteiger partial charge in [0.15, 0.2) is 5.75 Å². The van der Waals surface area contributed by atoms with Crippen LogP contribution in [0, 0.1) is 5.82 Å². The minimum Gasteiger partial charge on any atom is -0.494 e. The molecule has 11 nitrogen and oxygen atoms in total. The van der Waals surface area contributed by atoms with Crippen LogP contribution in [0.5, 0.6) is 5.75 Å². The first-order valence-electron chi connectivity index (χ1n) is 10.4. The van der Waals surface area contributed by atoms with E-state index in [0.29, 0.717) is 19.3 Å². The van der Waals surface area contributed by atoms with Gasteiger partial charge in [-0.05, 0) is 44.8 Å². The summed E-state index contributed by atoms with van der Waals surface area (Å²) in [5.74, 6) is -3.43. The topological polar surface area (TPSA) is 172 Å². The first-order chi connectivity index (χ1) is 15.8. The molecule has 1 saturated heterocycles. The molecular formula is C21H25FN2O9S. The van der Waals surface area contributed by atoms with E-state index in [1.807, 2.05) is 0 Å². The summed E-state index contributed by atoms with van der Waals surface area (Å²) in [5, 5.41) is 22.4. The van der Waals surface area contributed by atoms with Gasteiger partial charge in [0.25, 0.3) is 10.1 Å². The second-order valence-electron chi connectivity index (χ2n) is 8.35. The Kier molecular flexibility index (Phi) is 7.01. The monoisotopic (exact) mass is 500 g/mol. The van der Waals surface area contributed by atoms with Gasteiger partial charge < -0.3 is 24.8 Å². The summed E-state index contributed by atoms with van der Waals surface area (Å²) in [6.45, 7) is 0.806. The van der Waals surface area contributed by atoms with Gasteiger partial charge in [0.2, 0.25) is 5.43 Å². The maximum atomic E-state index is 15.4. The standard InChI is InChI=1S/C20H21FN2O6.CH4O3S/c1-29-17-14(20(19(27)28)4-6-22-7-5-20)13(21)8-11-15(17)23(10-2-3-10)9-12(16(11)24)18(25)26;1-5(2,3)4/h8-10,22H,2-7H2,1H3,(H,25,26)(H,27,28);1H3,(H,2,3,4). The molecule has 1 aliphatic carbocycles. The third-order valence-corrected chi connectivity index (χ3v) is 5.94. The first kappa shape index (κ1) is 25.6. The largest absolute Gasteiger partial charge is 0.494 e. The fourth-order valence-corrected chi connectivity index (χ4v) is 4.32. The van der Waals surface area contributed by atoms with Crippen molar-refractivity contribution in [1.29, 1.82) is 0 Å². The Hall–Kier alpha value is -3.03. The van der Waals surface area contributed by atoms with E-state index in [1.54, 1.807) is 4.57 Å². The number of methoxy groups -OCH3 is 1. The number of carboxylic acids is 2. The molecular weight excluding hydrogens is 475 g/mol. The molecule has 2 aromatic rings. The predicted molar refractivity (Wildman–Crippen MR) is 119 cm³/mol. The molecule has 2 fully saturated rings. The number of pyridine rings is 1. The average Bonchev–Trinajstić information content (AvgIpc) is 3.57. The molecule has 0 bridgehead atoms. The smallest absolute Gasteiger partial charge is 0.341 e. The average molecular weight is 501 g/mol. The number of hydrogen-bond acceptors (Lipinski definition) is 7. The van der Waals surface area contributed by atoms with Crippen molar-refractivity contribution in [3.05, 3.63) is 39.4 Å². The first-order valence-corrected chi connectivity index (χ1v) is 12.2. The second kappa shape index (κ2) is 9.31. The summed E-state index contributed by atoms with van der Waals surface area (Å²) < 4.78 is 48.4. The molecule has 1 saturated carbocycles. The summed E-state index contributed by atoms with van der Waals surface area (Å²) >= 11 is 0. The van der Waals surface area contributed by atoms with Crippen LogP contribution < -0.4 is 15.5 Å². The van der Waals surface area contributed by atoms with Crippen molar-refractivity contribution >= 4 is 33.0 Å². The molecule has 186 valence electrons. The number of ether oxygens (including phenoxy) is 1. The number of carboxylic acid groups (broad SMARTS) is 2. The highest BCUT2D eigenvalue weighted by Gasteiger charge is 2.46. The van der Waals surface area contributed by atoms with Crippen LogP contribution in [0.25, 0.3) is 10.9 Å². The van der Waals surface area contributed by atoms with E-state index in [4.69, 9.17) is 9.29 Å². The SMILES string of the molecule is COc1c(C2(C(=O)O)CCNCC2)c(F)cc2c(=O)c(C(=O)O)cn(C3CC3)c12.CS(=O)(=O)O. The van der Waals surface area contributed by atoms with E-state index in [0.717, 1.165) is 18.9 Å². The van der Waals surface area contributed by atoms with Crippen molar-refractivity contribution in [3.8, 4) is 5.75 Å². The molecule has 1 aliphatic heterocycles. The molecule has 0 atom stereocenters. The number of nitrogens with zero attached hydrogens (tertiary/aromatic N) is 1. The lowest BCUT2D eigenvalue weighted by Gasteiger charge is -2.35. The Morgan fingerprint density at radius 1 is 1.24 bits per heavy atom. The van der Waals surface area contributed by atoms with Crippen molar-refractivity contribution < 1.29 is 41.9 Å². The predicted octanol–water partition coefficient (Wildman–Crippen LogP) is 1.39. The number of aromatic nitrogens is 1. The number of benzene rings is 1. The van der Waals surface area contributed by atoms with E-state index in [1.165, 1.54) is 13.3 Å². The quantitative estimate of drug-likeness (QED) is 0.440. The van der Waals surface area contributed by atoms with E-state index >= 15 is 4.39 Å². The van der Waals surface area contributed by atoms with E-state index in [-0.39, 0.29) is 41.1 Å². The third-order valence-electron chi connectivity index (χ3n) is 5.94. The van der Waals surface area contributed by atoms with Crippen LogP contribution in [-0.2, 0) is 20.3 Å². The number of piperidine rings is 1. The summed E-state index contributed by atoms with van der Waals surface area (Å²) in [6.07, 6.45) is 3.86. The van der Waals surface area contributed by atoms with E-state index < -0.39 is 44.3 Å². The number of fused-ring (bicyclic) bond motifs is 1. The lowest BCUT2D eigenvalue weighted by molar-refractivity contribution is -0.145. The van der Waals surface area contributed by atoms with Gasteiger partial charge >= 0.3 is 11.9 Å². The Labute approximate surface area is 193 Å². The zero-order valence-corrected chi connectivity index (χ0v) is 19.3. The van der Waals surface area contributed by atoms with Gasteiger partial charge in [0.05, 0.1) is 24.3 Å². The molecule has 2 aliphatic rings. The minimum atomic E-state index is -3.67. The van der Waals surface area contributed by atoms with Crippen molar-refractivity contribution in [3.63, 3.8) is 0 Å². The summed E-state index contributed by atoms with van der Waals surface area (Å²) in [6, 6.07) is 0.922. The number of nitrogens with one attached hydrogen (secondary N) is 1. The van der Waals surface area contributed by atoms with Crippen LogP contribution in [-0.4, -0.2) is 66.1 Å². The van der Waals surface area contributed by atoms with Crippen LogP contribution in [0.15, 0.2) is 17.1 Å². The number of rotatable bonds is 5. The van der Waals surface area contributed by atoms with E-state index in [9.17, 15) is 33.0 Å². The molecule has 4 N–H and O–H groups in total. The summed E-state index contributed by atoms with van der Waals surface area (Å²) in [7, 11) is -2.36. The van der Waals surface area contributed by atoms with E-state index in [2.05, 4.69) is 5.32 Å². The number of aliphatic carboxylic acids is 1. The van der Waals surface area contributed by atoms with Gasteiger partial charge in [0, 0.05) is 17.8 Å². The minimum absolute atomic E-state index is 0.00904. The molecule has 1 aromatic heterocycles. The summed E-state index contributed by atoms with van der Waals surface area (Å²) in [4.78, 5) is 36.6. The molecule has 13 heteroatoms. The zero-order chi connectivity index (χ0) is 25.4. The van der Waals surface area contributed by atoms with Gasteiger partial charge in [-0.1, -0.05) is 0 Å². The fourth-order valence-electron chi connectivity index (χ4n) is 4.32. The van der Waals surface area contributed by atoms with Crippen LogP contribution >= 0.6 is 0 Å². The third kappa shape index (κ3) is 4.91. The highest BCUT2D eigenvalue weighted by Crippen LogP contribution is 2.46. The van der Waals surface area contributed by atoms with Crippen LogP contribution in [0.2, 0.25) is 0 Å². The lowest BCUT2D eigenvalue weighted by atomic mass is 9.72. The van der Waals surface area contributed by atoms with Crippen molar-refractivity contribution in [2.75, 3.05) is 26.5 Å². The molecule has 34 heavy (non-hydrogen) atoms. The van der Waals surface area contributed by atoms with Crippen molar-refractivity contribution in [2.24, 2.45) is 0 Å². The molecule has 2 heterocycles. The van der Waals surface area contributed by atoms with Crippen molar-refractivity contribution in [1.82, 2.24) is 9.88 Å². The van der Waals surface area contributed by atoms with Crippen LogP contribution in [0.1, 0.15) is 47.6 Å². The van der Waals surface area contributed by atoms with Gasteiger partial charge in [0.1, 0.15) is 16.8 Å². The van der Waals surface area contributed by atoms with Gasteiger partial charge in [-0.2, -0.15) is 8.42 Å².